The summed E-state index contributed by atoms with van der Waals surface area (Å²) in [6, 6.07) is 13.8. The van der Waals surface area contributed by atoms with Gasteiger partial charge in [0, 0.05) is 24.0 Å². The second-order valence-corrected chi connectivity index (χ2v) is 8.23. The summed E-state index contributed by atoms with van der Waals surface area (Å²) in [5, 5.41) is 0. The maximum absolute atomic E-state index is 12.2. The highest BCUT2D eigenvalue weighted by Gasteiger charge is 2.12. The van der Waals surface area contributed by atoms with E-state index in [4.69, 9.17) is 4.42 Å². The van der Waals surface area contributed by atoms with Crippen LogP contribution in [0, 0.1) is 19.8 Å². The molecule has 2 aromatic carbocycles. The van der Waals surface area contributed by atoms with Gasteiger partial charge in [-0.25, -0.2) is 4.98 Å². The third kappa shape index (κ3) is 6.28. The van der Waals surface area contributed by atoms with E-state index in [1.807, 2.05) is 38.1 Å². The maximum atomic E-state index is 12.2. The molecule has 162 valence electrons. The van der Waals surface area contributed by atoms with Crippen LogP contribution >= 0.6 is 0 Å². The quantitative estimate of drug-likeness (QED) is 0.550. The predicted octanol–water partition coefficient (Wildman–Crippen LogP) is 4.55. The van der Waals surface area contributed by atoms with Crippen LogP contribution < -0.4 is 10.9 Å². The standard InChI is InChI=1S/C25H29N3O3/c1-16(2)13-19-6-8-20(9-7-19)22-15-26-24(31-22)12-11-23(29)27-28-25(30)21-10-5-17(3)14-18(21)4/h5-10,14-16H,11-13H2,1-4H3,(H,27,29)(H,28,30). The van der Waals surface area contributed by atoms with E-state index in [0.717, 1.165) is 23.1 Å². The van der Waals surface area contributed by atoms with Crippen molar-refractivity contribution in [2.75, 3.05) is 0 Å². The summed E-state index contributed by atoms with van der Waals surface area (Å²) in [6.07, 6.45) is 3.21. The van der Waals surface area contributed by atoms with Gasteiger partial charge in [0.1, 0.15) is 0 Å². The van der Waals surface area contributed by atoms with Crippen molar-refractivity contribution >= 4 is 11.8 Å². The number of carbonyl (C=O) groups is 2. The Kier molecular flexibility index (Phi) is 7.23. The monoisotopic (exact) mass is 419 g/mol. The van der Waals surface area contributed by atoms with Gasteiger partial charge in [-0.3, -0.25) is 20.4 Å². The normalized spacial score (nSPS) is 10.9. The number of hydrogen-bond donors (Lipinski definition) is 2. The van der Waals surface area contributed by atoms with Gasteiger partial charge >= 0.3 is 0 Å². The number of hydrogen-bond acceptors (Lipinski definition) is 4. The molecule has 0 aliphatic carbocycles. The zero-order chi connectivity index (χ0) is 22.4. The molecular formula is C25H29N3O3. The van der Waals surface area contributed by atoms with E-state index in [9.17, 15) is 9.59 Å². The number of carbonyl (C=O) groups excluding carboxylic acids is 2. The molecular weight excluding hydrogens is 390 g/mol. The van der Waals surface area contributed by atoms with Crippen molar-refractivity contribution in [3.8, 4) is 11.3 Å². The number of benzene rings is 2. The van der Waals surface area contributed by atoms with Gasteiger partial charge in [0.2, 0.25) is 5.91 Å². The van der Waals surface area contributed by atoms with E-state index in [0.29, 0.717) is 29.6 Å². The second-order valence-electron chi connectivity index (χ2n) is 8.23. The fraction of sp³-hybridized carbons (Fsp3) is 0.320. The predicted molar refractivity (Wildman–Crippen MR) is 120 cm³/mol. The fourth-order valence-electron chi connectivity index (χ4n) is 3.38. The average molecular weight is 420 g/mol. The highest BCUT2D eigenvalue weighted by atomic mass is 16.4. The van der Waals surface area contributed by atoms with Crippen LogP contribution in [0.3, 0.4) is 0 Å². The van der Waals surface area contributed by atoms with Crippen LogP contribution in [0.25, 0.3) is 11.3 Å². The molecule has 0 aliphatic heterocycles. The largest absolute Gasteiger partial charge is 0.441 e. The fourth-order valence-corrected chi connectivity index (χ4v) is 3.38. The van der Waals surface area contributed by atoms with Gasteiger partial charge in [0.05, 0.1) is 6.20 Å². The number of aryl methyl sites for hydroxylation is 3. The van der Waals surface area contributed by atoms with E-state index >= 15 is 0 Å². The Hall–Kier alpha value is -3.41. The summed E-state index contributed by atoms with van der Waals surface area (Å²) in [7, 11) is 0. The van der Waals surface area contributed by atoms with Crippen molar-refractivity contribution in [3.63, 3.8) is 0 Å². The van der Waals surface area contributed by atoms with Crippen LogP contribution in [0.1, 0.15) is 53.2 Å². The molecule has 0 fully saturated rings. The summed E-state index contributed by atoms with van der Waals surface area (Å²) < 4.78 is 5.78. The van der Waals surface area contributed by atoms with Crippen molar-refractivity contribution in [2.24, 2.45) is 5.92 Å². The van der Waals surface area contributed by atoms with Crippen LogP contribution in [-0.4, -0.2) is 16.8 Å². The first-order valence-corrected chi connectivity index (χ1v) is 10.5. The molecule has 1 heterocycles. The SMILES string of the molecule is Cc1ccc(C(=O)NNC(=O)CCc2ncc(-c3ccc(CC(C)C)cc3)o2)c(C)c1. The van der Waals surface area contributed by atoms with Crippen LogP contribution in [-0.2, 0) is 17.6 Å². The lowest BCUT2D eigenvalue weighted by molar-refractivity contribution is -0.121. The summed E-state index contributed by atoms with van der Waals surface area (Å²) in [6.45, 7) is 8.22. The van der Waals surface area contributed by atoms with Crippen molar-refractivity contribution in [1.29, 1.82) is 0 Å². The number of amides is 2. The van der Waals surface area contributed by atoms with Crippen molar-refractivity contribution in [2.45, 2.75) is 47.0 Å². The zero-order valence-electron chi connectivity index (χ0n) is 18.5. The second kappa shape index (κ2) is 10.1. The first kappa shape index (κ1) is 22.3. The Balaban J connectivity index is 1.48. The summed E-state index contributed by atoms with van der Waals surface area (Å²) in [4.78, 5) is 28.6. The summed E-state index contributed by atoms with van der Waals surface area (Å²) in [5.41, 5.74) is 9.61. The Morgan fingerprint density at radius 1 is 1.03 bits per heavy atom. The molecule has 0 spiro atoms. The lowest BCUT2D eigenvalue weighted by Gasteiger charge is -2.09. The molecule has 3 rings (SSSR count). The average Bonchev–Trinajstić information content (AvgIpc) is 3.19. The summed E-state index contributed by atoms with van der Waals surface area (Å²) >= 11 is 0. The highest BCUT2D eigenvalue weighted by molar-refractivity contribution is 5.96. The Labute approximate surface area is 183 Å². The first-order valence-electron chi connectivity index (χ1n) is 10.5. The zero-order valence-corrected chi connectivity index (χ0v) is 18.5. The van der Waals surface area contributed by atoms with Gasteiger partial charge in [-0.15, -0.1) is 0 Å². The van der Waals surface area contributed by atoms with E-state index in [1.54, 1.807) is 12.3 Å². The molecule has 0 saturated heterocycles. The lowest BCUT2D eigenvalue weighted by atomic mass is 10.0. The number of rotatable bonds is 7. The van der Waals surface area contributed by atoms with E-state index in [2.05, 4.69) is 41.8 Å². The van der Waals surface area contributed by atoms with Gasteiger partial charge in [-0.1, -0.05) is 55.8 Å². The van der Waals surface area contributed by atoms with Crippen LogP contribution in [0.15, 0.2) is 53.1 Å². The van der Waals surface area contributed by atoms with Crippen molar-refractivity contribution in [1.82, 2.24) is 15.8 Å². The van der Waals surface area contributed by atoms with E-state index < -0.39 is 0 Å². The van der Waals surface area contributed by atoms with Gasteiger partial charge in [-0.05, 0) is 43.4 Å². The van der Waals surface area contributed by atoms with Crippen LogP contribution in [0.5, 0.6) is 0 Å². The molecule has 0 radical (unpaired) electrons. The van der Waals surface area contributed by atoms with Crippen LogP contribution in [0.4, 0.5) is 0 Å². The molecule has 2 amide bonds. The first-order chi connectivity index (χ1) is 14.8. The Bertz CT molecular complexity index is 1050. The molecule has 0 unspecified atom stereocenters. The third-order valence-electron chi connectivity index (χ3n) is 4.94. The number of nitrogens with zero attached hydrogens (tertiary/aromatic N) is 1. The molecule has 6 nitrogen and oxygen atoms in total. The van der Waals surface area contributed by atoms with Crippen LogP contribution in [0.2, 0.25) is 0 Å². The van der Waals surface area contributed by atoms with Gasteiger partial charge in [-0.2, -0.15) is 0 Å². The van der Waals surface area contributed by atoms with Crippen molar-refractivity contribution in [3.05, 3.63) is 76.8 Å². The Morgan fingerprint density at radius 3 is 2.45 bits per heavy atom. The molecule has 2 N–H and O–H groups in total. The third-order valence-corrected chi connectivity index (χ3v) is 4.94. The van der Waals surface area contributed by atoms with E-state index in [-0.39, 0.29) is 18.2 Å². The topological polar surface area (TPSA) is 84.2 Å². The number of aromatic nitrogens is 1. The van der Waals surface area contributed by atoms with Gasteiger partial charge in [0.15, 0.2) is 11.7 Å². The summed E-state index contributed by atoms with van der Waals surface area (Å²) in [5.74, 6) is 1.12. The maximum Gasteiger partial charge on any atom is 0.269 e. The van der Waals surface area contributed by atoms with E-state index in [1.165, 1.54) is 5.56 Å². The van der Waals surface area contributed by atoms with Gasteiger partial charge in [0.25, 0.3) is 5.91 Å². The Morgan fingerprint density at radius 2 is 1.77 bits per heavy atom. The molecule has 31 heavy (non-hydrogen) atoms. The van der Waals surface area contributed by atoms with Gasteiger partial charge < -0.3 is 4.42 Å². The lowest BCUT2D eigenvalue weighted by Crippen LogP contribution is -2.42. The number of nitrogens with one attached hydrogen (secondary N) is 2. The smallest absolute Gasteiger partial charge is 0.269 e. The number of oxazole rings is 1. The molecule has 0 bridgehead atoms. The molecule has 6 heteroatoms. The highest BCUT2D eigenvalue weighted by Crippen LogP contribution is 2.22. The minimum atomic E-state index is -0.342. The number of hydrazine groups is 1. The molecule has 1 aromatic heterocycles. The minimum absolute atomic E-state index is 0.153. The molecule has 0 saturated carbocycles. The minimum Gasteiger partial charge on any atom is -0.441 e. The molecule has 0 atom stereocenters. The molecule has 0 aliphatic rings. The van der Waals surface area contributed by atoms with Crippen molar-refractivity contribution < 1.29 is 14.0 Å². The molecule has 3 aromatic rings.